The van der Waals surface area contributed by atoms with Crippen molar-refractivity contribution in [2.24, 2.45) is 10.8 Å². The predicted molar refractivity (Wildman–Crippen MR) is 110 cm³/mol. The number of carbonyl (C=O) groups excluding carboxylic acids is 1. The molecule has 28 heavy (non-hydrogen) atoms. The molecule has 2 aromatic heterocycles. The van der Waals surface area contributed by atoms with Gasteiger partial charge in [0.1, 0.15) is 5.69 Å². The second kappa shape index (κ2) is 7.80. The molecule has 7 nitrogen and oxygen atoms in total. The van der Waals surface area contributed by atoms with Crippen LogP contribution in [0, 0.1) is 0 Å². The van der Waals surface area contributed by atoms with E-state index in [-0.39, 0.29) is 0 Å². The lowest BCUT2D eigenvalue weighted by Crippen LogP contribution is -2.25. The molecule has 0 saturated heterocycles. The van der Waals surface area contributed by atoms with Crippen molar-refractivity contribution in [1.29, 1.82) is 0 Å². The quantitative estimate of drug-likeness (QED) is 0.532. The normalized spacial score (nSPS) is 15.7. The lowest BCUT2D eigenvalue weighted by Gasteiger charge is -2.25. The standard InChI is InChI=1S/C21H24N6O/c1-14(25-26-21(22)28)15-10-11-19-18(13-15)24-20(17-9-5-6-12-23-17)27(19)16-7-3-2-4-8-16/h5-6,9-13,16H,2-4,7-8H2,1H3,(H3,22,26,28)/b25-14-. The molecule has 1 saturated carbocycles. The molecule has 1 aliphatic rings. The molecule has 0 aliphatic heterocycles. The number of fused-ring (bicyclic) bond motifs is 1. The summed E-state index contributed by atoms with van der Waals surface area (Å²) in [4.78, 5) is 20.4. The first kappa shape index (κ1) is 18.2. The first-order chi connectivity index (χ1) is 13.6. The highest BCUT2D eigenvalue weighted by Gasteiger charge is 2.23. The number of hydrogen-bond donors (Lipinski definition) is 2. The van der Waals surface area contributed by atoms with Crippen molar-refractivity contribution in [2.75, 3.05) is 0 Å². The van der Waals surface area contributed by atoms with E-state index in [1.165, 1.54) is 19.3 Å². The average molecular weight is 376 g/mol. The number of benzene rings is 1. The van der Waals surface area contributed by atoms with Crippen LogP contribution in [-0.4, -0.2) is 26.3 Å². The zero-order valence-corrected chi connectivity index (χ0v) is 15.9. The summed E-state index contributed by atoms with van der Waals surface area (Å²) in [6.07, 6.45) is 7.92. The third kappa shape index (κ3) is 3.60. The number of urea groups is 1. The second-order valence-corrected chi connectivity index (χ2v) is 7.19. The minimum atomic E-state index is -0.681. The van der Waals surface area contributed by atoms with E-state index in [1.807, 2.05) is 37.3 Å². The summed E-state index contributed by atoms with van der Waals surface area (Å²) in [5.41, 5.74) is 11.8. The Kier molecular flexibility index (Phi) is 5.06. The summed E-state index contributed by atoms with van der Waals surface area (Å²) in [5, 5.41) is 4.02. The monoisotopic (exact) mass is 376 g/mol. The van der Waals surface area contributed by atoms with Crippen LogP contribution in [0.5, 0.6) is 0 Å². The van der Waals surface area contributed by atoms with Crippen molar-refractivity contribution < 1.29 is 4.79 Å². The number of hydrogen-bond acceptors (Lipinski definition) is 4. The fourth-order valence-corrected chi connectivity index (χ4v) is 3.91. The van der Waals surface area contributed by atoms with Gasteiger partial charge in [-0.3, -0.25) is 4.98 Å². The van der Waals surface area contributed by atoms with Crippen molar-refractivity contribution >= 4 is 22.8 Å². The molecule has 0 unspecified atom stereocenters. The first-order valence-corrected chi connectivity index (χ1v) is 9.67. The molecule has 3 aromatic rings. The third-order valence-corrected chi connectivity index (χ3v) is 5.27. The average Bonchev–Trinajstić information content (AvgIpc) is 3.12. The Labute approximate surface area is 163 Å². The Hall–Kier alpha value is -3.22. The first-order valence-electron chi connectivity index (χ1n) is 9.67. The van der Waals surface area contributed by atoms with Crippen molar-refractivity contribution in [3.05, 3.63) is 48.2 Å². The maximum absolute atomic E-state index is 10.9. The van der Waals surface area contributed by atoms with Crippen molar-refractivity contribution in [1.82, 2.24) is 20.0 Å². The van der Waals surface area contributed by atoms with Crippen LogP contribution in [0.1, 0.15) is 50.6 Å². The van der Waals surface area contributed by atoms with Gasteiger partial charge in [-0.2, -0.15) is 5.10 Å². The van der Waals surface area contributed by atoms with Gasteiger partial charge in [-0.25, -0.2) is 15.2 Å². The van der Waals surface area contributed by atoms with Crippen LogP contribution in [-0.2, 0) is 0 Å². The molecule has 1 aromatic carbocycles. The minimum Gasteiger partial charge on any atom is -0.350 e. The lowest BCUT2D eigenvalue weighted by atomic mass is 9.95. The van der Waals surface area contributed by atoms with Crippen molar-refractivity contribution in [2.45, 2.75) is 45.1 Å². The van der Waals surface area contributed by atoms with Crippen LogP contribution in [0.4, 0.5) is 4.79 Å². The van der Waals surface area contributed by atoms with E-state index in [4.69, 9.17) is 10.7 Å². The Bertz CT molecular complexity index is 1020. The van der Waals surface area contributed by atoms with Gasteiger partial charge in [-0.1, -0.05) is 31.4 Å². The van der Waals surface area contributed by atoms with Crippen molar-refractivity contribution in [3.8, 4) is 11.5 Å². The number of carbonyl (C=O) groups is 1. The van der Waals surface area contributed by atoms with E-state index in [9.17, 15) is 4.79 Å². The largest absolute Gasteiger partial charge is 0.350 e. The van der Waals surface area contributed by atoms with Gasteiger partial charge < -0.3 is 10.3 Å². The Morgan fingerprint density at radius 1 is 1.21 bits per heavy atom. The number of nitrogens with zero attached hydrogens (tertiary/aromatic N) is 4. The zero-order valence-electron chi connectivity index (χ0n) is 15.9. The molecule has 0 spiro atoms. The molecule has 0 atom stereocenters. The minimum absolute atomic E-state index is 0.438. The number of nitrogens with one attached hydrogen (secondary N) is 1. The summed E-state index contributed by atoms with van der Waals surface area (Å²) in [6, 6.07) is 11.8. The van der Waals surface area contributed by atoms with Crippen LogP contribution < -0.4 is 11.2 Å². The molecule has 1 aliphatic carbocycles. The number of pyridine rings is 1. The fraction of sp³-hybridized carbons (Fsp3) is 0.333. The van der Waals surface area contributed by atoms with Crippen LogP contribution in [0.25, 0.3) is 22.6 Å². The topological polar surface area (TPSA) is 98.2 Å². The molecular formula is C21H24N6O. The molecule has 7 heteroatoms. The SMILES string of the molecule is C/C(=N/NC(N)=O)c1ccc2c(c1)nc(-c1ccccn1)n2C1CCCCC1. The van der Waals surface area contributed by atoms with Crippen LogP contribution in [0.3, 0.4) is 0 Å². The van der Waals surface area contributed by atoms with Crippen molar-refractivity contribution in [3.63, 3.8) is 0 Å². The number of aromatic nitrogens is 3. The molecule has 1 fully saturated rings. The Morgan fingerprint density at radius 2 is 2.04 bits per heavy atom. The highest BCUT2D eigenvalue weighted by molar-refractivity contribution is 6.01. The van der Waals surface area contributed by atoms with E-state index in [0.717, 1.165) is 41.0 Å². The molecule has 2 heterocycles. The lowest BCUT2D eigenvalue weighted by molar-refractivity contribution is 0.249. The van der Waals surface area contributed by atoms with Crippen LogP contribution in [0.2, 0.25) is 0 Å². The molecule has 0 radical (unpaired) electrons. The van der Waals surface area contributed by atoms with Crippen LogP contribution in [0.15, 0.2) is 47.7 Å². The van der Waals surface area contributed by atoms with E-state index in [0.29, 0.717) is 11.8 Å². The summed E-state index contributed by atoms with van der Waals surface area (Å²) >= 11 is 0. The molecule has 0 bridgehead atoms. The highest BCUT2D eigenvalue weighted by Crippen LogP contribution is 2.35. The maximum Gasteiger partial charge on any atom is 0.332 e. The van der Waals surface area contributed by atoms with Gasteiger partial charge in [0.05, 0.1) is 16.7 Å². The van der Waals surface area contributed by atoms with Gasteiger partial charge >= 0.3 is 6.03 Å². The van der Waals surface area contributed by atoms with E-state index < -0.39 is 6.03 Å². The maximum atomic E-state index is 10.9. The summed E-state index contributed by atoms with van der Waals surface area (Å²) in [5.74, 6) is 0.907. The summed E-state index contributed by atoms with van der Waals surface area (Å²) < 4.78 is 2.36. The fourth-order valence-electron chi connectivity index (χ4n) is 3.91. The summed E-state index contributed by atoms with van der Waals surface area (Å²) in [7, 11) is 0. The molecule has 144 valence electrons. The summed E-state index contributed by atoms with van der Waals surface area (Å²) in [6.45, 7) is 1.83. The second-order valence-electron chi connectivity index (χ2n) is 7.19. The Morgan fingerprint density at radius 3 is 2.75 bits per heavy atom. The number of imidazole rings is 1. The Balaban J connectivity index is 1.82. The van der Waals surface area contributed by atoms with Gasteiger partial charge in [0.15, 0.2) is 5.82 Å². The molecule has 2 amide bonds. The van der Waals surface area contributed by atoms with Gasteiger partial charge in [0.2, 0.25) is 0 Å². The number of amides is 2. The van der Waals surface area contributed by atoms with E-state index >= 15 is 0 Å². The third-order valence-electron chi connectivity index (χ3n) is 5.27. The molecule has 3 N–H and O–H groups in total. The van der Waals surface area contributed by atoms with E-state index in [2.05, 4.69) is 26.1 Å². The van der Waals surface area contributed by atoms with Gasteiger partial charge in [-0.05, 0) is 49.6 Å². The zero-order chi connectivity index (χ0) is 19.5. The van der Waals surface area contributed by atoms with Gasteiger partial charge in [-0.15, -0.1) is 0 Å². The van der Waals surface area contributed by atoms with Crippen LogP contribution >= 0.6 is 0 Å². The molecular weight excluding hydrogens is 352 g/mol. The number of nitrogens with two attached hydrogens (primary N) is 1. The number of rotatable bonds is 4. The highest BCUT2D eigenvalue weighted by atomic mass is 16.2. The predicted octanol–water partition coefficient (Wildman–Crippen LogP) is 4.00. The smallest absolute Gasteiger partial charge is 0.332 e. The number of primary amides is 1. The van der Waals surface area contributed by atoms with Gasteiger partial charge in [0, 0.05) is 12.2 Å². The molecule has 4 rings (SSSR count). The van der Waals surface area contributed by atoms with E-state index in [1.54, 1.807) is 6.20 Å². The van der Waals surface area contributed by atoms with Gasteiger partial charge in [0.25, 0.3) is 0 Å². The number of hydrazone groups is 1.